The summed E-state index contributed by atoms with van der Waals surface area (Å²) < 4.78 is 11.6. The Hall–Kier alpha value is -1.19. The quantitative estimate of drug-likeness (QED) is 0.635. The maximum atomic E-state index is 12.5. The van der Waals surface area contributed by atoms with E-state index in [0.29, 0.717) is 25.0 Å². The van der Waals surface area contributed by atoms with Gasteiger partial charge in [-0.05, 0) is 63.5 Å². The molecule has 1 saturated heterocycles. The van der Waals surface area contributed by atoms with E-state index in [0.717, 1.165) is 25.7 Å². The van der Waals surface area contributed by atoms with Crippen molar-refractivity contribution in [3.05, 3.63) is 35.5 Å². The van der Waals surface area contributed by atoms with E-state index in [-0.39, 0.29) is 12.2 Å². The Kier molecular flexibility index (Phi) is 7.00. The van der Waals surface area contributed by atoms with Crippen molar-refractivity contribution >= 4 is 5.78 Å². The van der Waals surface area contributed by atoms with Gasteiger partial charge in [0.1, 0.15) is 0 Å². The predicted octanol–water partition coefficient (Wildman–Crippen LogP) is 4.98. The number of hydrogen-bond acceptors (Lipinski definition) is 3. The van der Waals surface area contributed by atoms with Crippen molar-refractivity contribution in [2.24, 2.45) is 11.8 Å². The lowest BCUT2D eigenvalue weighted by molar-refractivity contribution is -0.141. The first kappa shape index (κ1) is 19.1. The second-order valence-electron chi connectivity index (χ2n) is 7.54. The molecule has 0 aromatic carbocycles. The zero-order valence-corrected chi connectivity index (χ0v) is 15.6. The Morgan fingerprint density at radius 2 is 1.83 bits per heavy atom. The number of allylic oxidation sites excluding steroid dienone is 5. The van der Waals surface area contributed by atoms with E-state index in [1.165, 1.54) is 11.1 Å². The normalized spacial score (nSPS) is 29.9. The van der Waals surface area contributed by atoms with Gasteiger partial charge < -0.3 is 9.47 Å². The molecule has 0 amide bonds. The fraction of sp³-hybridized carbons (Fsp3) is 0.667. The molecule has 24 heavy (non-hydrogen) atoms. The minimum Gasteiger partial charge on any atom is -0.344 e. The van der Waals surface area contributed by atoms with Crippen LogP contribution in [-0.2, 0) is 14.3 Å². The molecule has 1 heterocycles. The van der Waals surface area contributed by atoms with Crippen LogP contribution in [0.3, 0.4) is 0 Å². The van der Waals surface area contributed by atoms with Crippen molar-refractivity contribution in [3.8, 4) is 0 Å². The molecule has 2 aliphatic rings. The Morgan fingerprint density at radius 1 is 1.12 bits per heavy atom. The number of rotatable bonds is 1. The number of hydrogen-bond donors (Lipinski definition) is 0. The van der Waals surface area contributed by atoms with E-state index in [4.69, 9.17) is 9.47 Å². The molecule has 0 N–H and O–H groups in total. The number of ether oxygens (including phenoxy) is 2. The zero-order valence-electron chi connectivity index (χ0n) is 15.6. The lowest BCUT2D eigenvalue weighted by Gasteiger charge is -2.24. The molecule has 1 aliphatic heterocycles. The van der Waals surface area contributed by atoms with Gasteiger partial charge in [0.05, 0.1) is 19.6 Å². The van der Waals surface area contributed by atoms with Crippen LogP contribution in [0.2, 0.25) is 0 Å². The van der Waals surface area contributed by atoms with Gasteiger partial charge in [-0.3, -0.25) is 4.79 Å². The van der Waals surface area contributed by atoms with Crippen LogP contribution in [0.15, 0.2) is 35.5 Å². The fourth-order valence-electron chi connectivity index (χ4n) is 3.38. The van der Waals surface area contributed by atoms with Crippen LogP contribution in [0.25, 0.3) is 0 Å². The second kappa shape index (κ2) is 8.77. The molecule has 0 aromatic heterocycles. The Balaban J connectivity index is 2.24. The first-order valence-corrected chi connectivity index (χ1v) is 9.23. The highest BCUT2D eigenvalue weighted by atomic mass is 16.7. The van der Waals surface area contributed by atoms with Gasteiger partial charge in [-0.15, -0.1) is 0 Å². The lowest BCUT2D eigenvalue weighted by atomic mass is 9.88. The largest absolute Gasteiger partial charge is 0.344 e. The minimum absolute atomic E-state index is 0.0796. The molecule has 1 fully saturated rings. The summed E-state index contributed by atoms with van der Waals surface area (Å²) in [7, 11) is 0. The van der Waals surface area contributed by atoms with Crippen LogP contribution in [0.4, 0.5) is 0 Å². The summed E-state index contributed by atoms with van der Waals surface area (Å²) in [5.74, 6) is 0.182. The highest BCUT2D eigenvalue weighted by Gasteiger charge is 2.36. The van der Waals surface area contributed by atoms with Crippen LogP contribution in [0, 0.1) is 11.8 Å². The molecule has 1 unspecified atom stereocenters. The first-order chi connectivity index (χ1) is 11.4. The summed E-state index contributed by atoms with van der Waals surface area (Å²) in [5, 5.41) is 0. The average Bonchev–Trinajstić information content (AvgIpc) is 2.93. The second-order valence-corrected chi connectivity index (χ2v) is 7.54. The predicted molar refractivity (Wildman–Crippen MR) is 97.7 cm³/mol. The average molecular weight is 332 g/mol. The van der Waals surface area contributed by atoms with Crippen molar-refractivity contribution in [3.63, 3.8) is 0 Å². The smallest absolute Gasteiger partial charge is 0.195 e. The molecule has 3 heteroatoms. The van der Waals surface area contributed by atoms with Crippen molar-refractivity contribution in [2.75, 3.05) is 13.2 Å². The topological polar surface area (TPSA) is 35.5 Å². The molecule has 3 nitrogen and oxygen atoms in total. The molecule has 1 spiro atoms. The van der Waals surface area contributed by atoms with Crippen LogP contribution in [-0.4, -0.2) is 24.8 Å². The fourth-order valence-corrected chi connectivity index (χ4v) is 3.38. The van der Waals surface area contributed by atoms with Gasteiger partial charge in [0.2, 0.25) is 0 Å². The van der Waals surface area contributed by atoms with E-state index in [9.17, 15) is 4.79 Å². The standard InChI is InChI=1S/C21H32O3/c1-16(2)19-9-8-17(3)6-5-7-18(4)14-21(23-12-13-24-21)15-20(22)11-10-19/h6,10-11,14,16,19H,5,7-9,12-13,15H2,1-4H3/b11-10-,17-6+,18-14?. The molecule has 1 atom stereocenters. The van der Waals surface area contributed by atoms with Gasteiger partial charge in [-0.25, -0.2) is 0 Å². The molecular formula is C21H32O3. The maximum absolute atomic E-state index is 12.5. The van der Waals surface area contributed by atoms with Crippen LogP contribution in [0.5, 0.6) is 0 Å². The van der Waals surface area contributed by atoms with Crippen molar-refractivity contribution in [1.82, 2.24) is 0 Å². The van der Waals surface area contributed by atoms with Crippen molar-refractivity contribution in [1.29, 1.82) is 0 Å². The third-order valence-electron chi connectivity index (χ3n) is 4.95. The van der Waals surface area contributed by atoms with E-state index in [2.05, 4.69) is 39.8 Å². The summed E-state index contributed by atoms with van der Waals surface area (Å²) in [6, 6.07) is 0. The van der Waals surface area contributed by atoms with Crippen LogP contribution < -0.4 is 0 Å². The van der Waals surface area contributed by atoms with E-state index >= 15 is 0 Å². The summed E-state index contributed by atoms with van der Waals surface area (Å²) in [4.78, 5) is 12.5. The van der Waals surface area contributed by atoms with Crippen LogP contribution in [0.1, 0.15) is 59.8 Å². The zero-order chi connectivity index (χ0) is 17.6. The molecule has 0 saturated carbocycles. The molecular weight excluding hydrogens is 300 g/mol. The van der Waals surface area contributed by atoms with E-state index < -0.39 is 5.79 Å². The van der Waals surface area contributed by atoms with E-state index in [1.54, 1.807) is 6.08 Å². The number of carbonyl (C=O) groups is 1. The van der Waals surface area contributed by atoms with Crippen LogP contribution >= 0.6 is 0 Å². The van der Waals surface area contributed by atoms with Gasteiger partial charge in [-0.1, -0.05) is 37.1 Å². The SMILES string of the molecule is CC1=CC2(CC(=O)/C=C\C(C(C)C)CC/C(C)=C/CC1)OCCO2. The summed E-state index contributed by atoms with van der Waals surface area (Å²) in [6.45, 7) is 9.85. The van der Waals surface area contributed by atoms with Crippen molar-refractivity contribution in [2.45, 2.75) is 65.6 Å². The highest BCUT2D eigenvalue weighted by Crippen LogP contribution is 2.29. The van der Waals surface area contributed by atoms with Gasteiger partial charge in [0.15, 0.2) is 11.6 Å². The monoisotopic (exact) mass is 332 g/mol. The molecule has 0 bridgehead atoms. The van der Waals surface area contributed by atoms with Crippen molar-refractivity contribution < 1.29 is 14.3 Å². The molecule has 0 radical (unpaired) electrons. The molecule has 0 aromatic rings. The minimum atomic E-state index is -0.859. The Bertz CT molecular complexity index is 519. The Morgan fingerprint density at radius 3 is 2.50 bits per heavy atom. The molecule has 134 valence electrons. The van der Waals surface area contributed by atoms with Gasteiger partial charge in [-0.2, -0.15) is 0 Å². The highest BCUT2D eigenvalue weighted by molar-refractivity contribution is 5.90. The third kappa shape index (κ3) is 5.71. The summed E-state index contributed by atoms with van der Waals surface area (Å²) in [6.07, 6.45) is 12.6. The van der Waals surface area contributed by atoms with E-state index in [1.807, 2.05) is 6.08 Å². The van der Waals surface area contributed by atoms with Gasteiger partial charge in [0.25, 0.3) is 0 Å². The van der Waals surface area contributed by atoms with Gasteiger partial charge >= 0.3 is 0 Å². The lowest BCUT2D eigenvalue weighted by Crippen LogP contribution is -2.30. The third-order valence-corrected chi connectivity index (χ3v) is 4.95. The molecule has 2 rings (SSSR count). The molecule has 1 aliphatic carbocycles. The number of carbonyl (C=O) groups excluding carboxylic acids is 1. The number of ketones is 1. The first-order valence-electron chi connectivity index (χ1n) is 9.23. The van der Waals surface area contributed by atoms with Gasteiger partial charge in [0, 0.05) is 0 Å². The summed E-state index contributed by atoms with van der Waals surface area (Å²) in [5.41, 5.74) is 2.66. The maximum Gasteiger partial charge on any atom is 0.195 e. The summed E-state index contributed by atoms with van der Waals surface area (Å²) >= 11 is 0. The Labute approximate surface area is 146 Å².